The van der Waals surface area contributed by atoms with Crippen molar-refractivity contribution in [1.29, 1.82) is 0 Å². The number of nitrogens with one attached hydrogen (secondary N) is 1. The molecule has 4 aromatic rings. The smallest absolute Gasteiger partial charge is 0.113 e. The minimum atomic E-state index is 0.511. The molecule has 27 heavy (non-hydrogen) atoms. The van der Waals surface area contributed by atoms with E-state index < -0.39 is 0 Å². The molecule has 0 aliphatic heterocycles. The van der Waals surface area contributed by atoms with E-state index in [0.717, 1.165) is 47.4 Å². The maximum atomic E-state index is 6.07. The van der Waals surface area contributed by atoms with Gasteiger partial charge in [0.15, 0.2) is 0 Å². The first-order chi connectivity index (χ1) is 13.2. The lowest BCUT2D eigenvalue weighted by atomic mass is 10.2. The van der Waals surface area contributed by atoms with Gasteiger partial charge in [-0.25, -0.2) is 0 Å². The molecule has 0 fully saturated rings. The van der Waals surface area contributed by atoms with Crippen molar-refractivity contribution in [3.63, 3.8) is 0 Å². The molecule has 2 aromatic heterocycles. The Kier molecular flexibility index (Phi) is 5.23. The van der Waals surface area contributed by atoms with Gasteiger partial charge in [-0.3, -0.25) is 9.67 Å². The lowest BCUT2D eigenvalue weighted by Crippen LogP contribution is -2.07. The first-order valence-electron chi connectivity index (χ1n) is 8.64. The summed E-state index contributed by atoms with van der Waals surface area (Å²) in [5.41, 5.74) is 3.71. The Morgan fingerprint density at radius 1 is 1.00 bits per heavy atom. The Labute approximate surface area is 166 Å². The van der Waals surface area contributed by atoms with E-state index >= 15 is 0 Å². The van der Waals surface area contributed by atoms with Crippen LogP contribution in [-0.2, 0) is 6.54 Å². The molecule has 136 valence electrons. The highest BCUT2D eigenvalue weighted by atomic mass is 35.5. The van der Waals surface area contributed by atoms with Crippen LogP contribution in [0.3, 0.4) is 0 Å². The van der Waals surface area contributed by atoms with Gasteiger partial charge in [-0.05, 0) is 30.7 Å². The summed E-state index contributed by atoms with van der Waals surface area (Å²) in [6.45, 7) is 1.58. The van der Waals surface area contributed by atoms with Crippen LogP contribution in [-0.4, -0.2) is 26.5 Å². The number of hydrogen-bond acceptors (Lipinski definition) is 4. The Balaban J connectivity index is 1.36. The van der Waals surface area contributed by atoms with Gasteiger partial charge in [-0.15, -0.1) is 5.10 Å². The summed E-state index contributed by atoms with van der Waals surface area (Å²) in [4.78, 5) is 4.46. The Bertz CT molecular complexity index is 1070. The molecule has 2 heterocycles. The van der Waals surface area contributed by atoms with E-state index in [4.69, 9.17) is 23.2 Å². The van der Waals surface area contributed by atoms with Gasteiger partial charge >= 0.3 is 0 Å². The monoisotopic (exact) mass is 397 g/mol. The van der Waals surface area contributed by atoms with Gasteiger partial charge < -0.3 is 5.32 Å². The molecule has 4 rings (SSSR count). The number of halogens is 2. The largest absolute Gasteiger partial charge is 0.383 e. The lowest BCUT2D eigenvalue weighted by molar-refractivity contribution is 0.570. The van der Waals surface area contributed by atoms with Gasteiger partial charge in [0, 0.05) is 30.2 Å². The molecule has 2 aromatic carbocycles. The molecular formula is C20H17Cl2N5. The van der Waals surface area contributed by atoms with Crippen LogP contribution in [0.25, 0.3) is 22.2 Å². The fraction of sp³-hybridized carbons (Fsp3) is 0.150. The predicted octanol–water partition coefficient (Wildman–Crippen LogP) is 5.30. The van der Waals surface area contributed by atoms with E-state index in [-0.39, 0.29) is 0 Å². The highest BCUT2D eigenvalue weighted by molar-refractivity contribution is 6.42. The van der Waals surface area contributed by atoms with Gasteiger partial charge in [-0.1, -0.05) is 52.7 Å². The third-order valence-corrected chi connectivity index (χ3v) is 5.01. The second-order valence-electron chi connectivity index (χ2n) is 6.16. The highest BCUT2D eigenvalue weighted by Gasteiger charge is 2.07. The molecule has 0 atom stereocenters. The topological polar surface area (TPSA) is 55.6 Å². The molecule has 5 nitrogen and oxygen atoms in total. The van der Waals surface area contributed by atoms with Gasteiger partial charge in [-0.2, -0.15) is 0 Å². The van der Waals surface area contributed by atoms with Gasteiger partial charge in [0.2, 0.25) is 0 Å². The maximum absolute atomic E-state index is 6.07. The fourth-order valence-electron chi connectivity index (χ4n) is 2.91. The van der Waals surface area contributed by atoms with E-state index in [1.54, 1.807) is 12.1 Å². The number of rotatable bonds is 6. The normalized spacial score (nSPS) is 11.0. The average Bonchev–Trinajstić information content (AvgIpc) is 3.16. The van der Waals surface area contributed by atoms with Crippen molar-refractivity contribution < 1.29 is 0 Å². The molecule has 0 aliphatic rings. The van der Waals surface area contributed by atoms with Crippen LogP contribution in [0, 0.1) is 0 Å². The summed E-state index contributed by atoms with van der Waals surface area (Å²) in [5.74, 6) is 0. The summed E-state index contributed by atoms with van der Waals surface area (Å²) in [5, 5.41) is 14.0. The molecule has 0 amide bonds. The summed E-state index contributed by atoms with van der Waals surface area (Å²) in [6, 6.07) is 15.6. The van der Waals surface area contributed by atoms with E-state index in [9.17, 15) is 0 Å². The number of fused-ring (bicyclic) bond motifs is 1. The third kappa shape index (κ3) is 4.04. The number of benzene rings is 2. The summed E-state index contributed by atoms with van der Waals surface area (Å²) < 4.78 is 1.83. The molecular weight excluding hydrogens is 381 g/mol. The Morgan fingerprint density at radius 3 is 2.78 bits per heavy atom. The Hall–Kier alpha value is -2.63. The summed E-state index contributed by atoms with van der Waals surface area (Å²) in [7, 11) is 0. The molecule has 0 spiro atoms. The second kappa shape index (κ2) is 7.94. The summed E-state index contributed by atoms with van der Waals surface area (Å²) in [6.07, 6.45) is 4.64. The average molecular weight is 398 g/mol. The van der Waals surface area contributed by atoms with Crippen LogP contribution in [0.5, 0.6) is 0 Å². The zero-order valence-electron chi connectivity index (χ0n) is 14.4. The number of pyridine rings is 1. The minimum absolute atomic E-state index is 0.511. The zero-order chi connectivity index (χ0) is 18.6. The van der Waals surface area contributed by atoms with Crippen molar-refractivity contribution in [3.8, 4) is 11.3 Å². The zero-order valence-corrected chi connectivity index (χ0v) is 16.0. The standard InChI is InChI=1S/C20H17Cl2N5/c21-16-8-7-15(12-17(16)22)19-13-27(26-25-19)11-3-10-23-18-6-1-4-14-5-2-9-24-20(14)18/h1-2,4-9,12-13,23H,3,10-11H2. The number of nitrogens with zero attached hydrogens (tertiary/aromatic N) is 4. The van der Waals surface area contributed by atoms with Crippen molar-refractivity contribution >= 4 is 39.8 Å². The van der Waals surface area contributed by atoms with Crippen molar-refractivity contribution in [3.05, 3.63) is 71.0 Å². The van der Waals surface area contributed by atoms with Crippen LogP contribution >= 0.6 is 23.2 Å². The quantitative estimate of drug-likeness (QED) is 0.448. The van der Waals surface area contributed by atoms with Crippen LogP contribution in [0.4, 0.5) is 5.69 Å². The van der Waals surface area contributed by atoms with Crippen LogP contribution in [0.1, 0.15) is 6.42 Å². The number of aryl methyl sites for hydroxylation is 1. The van der Waals surface area contributed by atoms with Crippen molar-refractivity contribution in [2.24, 2.45) is 0 Å². The molecule has 7 heteroatoms. The molecule has 0 saturated carbocycles. The van der Waals surface area contributed by atoms with E-state index in [2.05, 4.69) is 32.7 Å². The van der Waals surface area contributed by atoms with E-state index in [1.807, 2.05) is 41.3 Å². The van der Waals surface area contributed by atoms with Crippen LogP contribution in [0.2, 0.25) is 10.0 Å². The Morgan fingerprint density at radius 2 is 1.89 bits per heavy atom. The number of anilines is 1. The molecule has 1 N–H and O–H groups in total. The first kappa shape index (κ1) is 17.8. The van der Waals surface area contributed by atoms with Gasteiger partial charge in [0.25, 0.3) is 0 Å². The SMILES string of the molecule is Clc1ccc(-c2cn(CCCNc3cccc4cccnc34)nn2)cc1Cl. The molecule has 0 saturated heterocycles. The van der Waals surface area contributed by atoms with Crippen molar-refractivity contribution in [1.82, 2.24) is 20.0 Å². The first-order valence-corrected chi connectivity index (χ1v) is 9.39. The van der Waals surface area contributed by atoms with E-state index in [1.165, 1.54) is 0 Å². The third-order valence-electron chi connectivity index (χ3n) is 4.27. The fourth-order valence-corrected chi connectivity index (χ4v) is 3.20. The maximum Gasteiger partial charge on any atom is 0.113 e. The van der Waals surface area contributed by atoms with Crippen molar-refractivity contribution in [2.75, 3.05) is 11.9 Å². The molecule has 0 bridgehead atoms. The lowest BCUT2D eigenvalue weighted by Gasteiger charge is -2.08. The number of hydrogen-bond donors (Lipinski definition) is 1. The predicted molar refractivity (Wildman–Crippen MR) is 110 cm³/mol. The number of para-hydroxylation sites is 1. The highest BCUT2D eigenvalue weighted by Crippen LogP contribution is 2.27. The minimum Gasteiger partial charge on any atom is -0.383 e. The van der Waals surface area contributed by atoms with Gasteiger partial charge in [0.1, 0.15) is 5.69 Å². The number of aromatic nitrogens is 4. The molecule has 0 aliphatic carbocycles. The molecule has 0 unspecified atom stereocenters. The van der Waals surface area contributed by atoms with E-state index in [0.29, 0.717) is 10.0 Å². The summed E-state index contributed by atoms with van der Waals surface area (Å²) >= 11 is 12.0. The van der Waals surface area contributed by atoms with Crippen molar-refractivity contribution in [2.45, 2.75) is 13.0 Å². The molecule has 0 radical (unpaired) electrons. The second-order valence-corrected chi connectivity index (χ2v) is 6.97. The van der Waals surface area contributed by atoms with Crippen LogP contribution in [0.15, 0.2) is 60.9 Å². The van der Waals surface area contributed by atoms with Gasteiger partial charge in [0.05, 0.1) is 27.4 Å². The van der Waals surface area contributed by atoms with Crippen LogP contribution < -0.4 is 5.32 Å².